The molecule has 0 saturated carbocycles. The lowest BCUT2D eigenvalue weighted by Crippen LogP contribution is -2.58. The molecule has 1 N–H and O–H groups in total. The van der Waals surface area contributed by atoms with E-state index < -0.39 is 5.82 Å². The minimum Gasteiger partial charge on any atom is -0.421 e. The number of carbonyl (C=O) groups excluding carboxylic acids is 1. The van der Waals surface area contributed by atoms with E-state index in [9.17, 15) is 4.79 Å². The summed E-state index contributed by atoms with van der Waals surface area (Å²) in [6, 6.07) is 6.29. The van der Waals surface area contributed by atoms with Crippen LogP contribution in [-0.2, 0) is 11.8 Å². The van der Waals surface area contributed by atoms with E-state index in [0.29, 0.717) is 41.7 Å². The van der Waals surface area contributed by atoms with Gasteiger partial charge in [0, 0.05) is 62.1 Å². The number of nitrogens with one attached hydrogen (secondary N) is 1. The number of anilines is 3. The van der Waals surface area contributed by atoms with Gasteiger partial charge in [0.2, 0.25) is 11.9 Å². The van der Waals surface area contributed by atoms with Crippen molar-refractivity contribution in [3.05, 3.63) is 73.2 Å². The molecule has 1 aliphatic rings. The molecule has 0 aliphatic carbocycles. The van der Waals surface area contributed by atoms with E-state index in [4.69, 9.17) is 9.72 Å². The number of carbonyl (C=O) groups is 1. The smallest absolute Gasteiger partial charge is 0.322 e. The Morgan fingerprint density at radius 1 is 1.15 bits per heavy atom. The molecule has 0 spiro atoms. The molecule has 0 bridgehead atoms. The van der Waals surface area contributed by atoms with E-state index in [-0.39, 0.29) is 29.8 Å². The number of aromatic nitrogens is 6. The topological polar surface area (TPSA) is 114 Å². The van der Waals surface area contributed by atoms with Crippen molar-refractivity contribution in [1.82, 2.24) is 34.6 Å². The van der Waals surface area contributed by atoms with Crippen molar-refractivity contribution in [2.45, 2.75) is 32.9 Å². The summed E-state index contributed by atoms with van der Waals surface area (Å²) in [4.78, 5) is 33.9. The quantitative estimate of drug-likeness (QED) is 0.342. The van der Waals surface area contributed by atoms with Crippen LogP contribution in [0.2, 0.25) is 0 Å². The lowest BCUT2D eigenvalue weighted by atomic mass is 10.0. The van der Waals surface area contributed by atoms with E-state index in [1.807, 2.05) is 27.1 Å². The highest BCUT2D eigenvalue weighted by atomic mass is 19.1. The number of benzene rings is 1. The van der Waals surface area contributed by atoms with Crippen LogP contribution in [0.1, 0.15) is 19.5 Å². The van der Waals surface area contributed by atoms with Crippen molar-refractivity contribution >= 4 is 23.4 Å². The molecule has 1 aliphatic heterocycles. The van der Waals surface area contributed by atoms with Crippen LogP contribution in [0.5, 0.6) is 11.8 Å². The Morgan fingerprint density at radius 3 is 2.67 bits per heavy atom. The first kappa shape index (κ1) is 26.7. The molecule has 4 aromatic rings. The van der Waals surface area contributed by atoms with Gasteiger partial charge in [-0.1, -0.05) is 12.6 Å². The van der Waals surface area contributed by atoms with Gasteiger partial charge in [-0.05, 0) is 50.6 Å². The number of halogens is 1. The maximum Gasteiger partial charge on any atom is 0.322 e. The van der Waals surface area contributed by atoms with Crippen molar-refractivity contribution in [2.24, 2.45) is 7.05 Å². The van der Waals surface area contributed by atoms with Crippen molar-refractivity contribution in [2.75, 3.05) is 23.3 Å². The average Bonchev–Trinajstić information content (AvgIpc) is 3.34. The highest BCUT2D eigenvalue weighted by molar-refractivity contribution is 5.87. The zero-order chi connectivity index (χ0) is 28.4. The number of hydrogen-bond donors (Lipinski definition) is 1. The third kappa shape index (κ3) is 5.60. The number of ether oxygens (including phenoxy) is 1. The number of amides is 1. The monoisotopic (exact) mass is 543 g/mol. The lowest BCUT2D eigenvalue weighted by Gasteiger charge is -2.44. The minimum atomic E-state index is -0.575. The van der Waals surface area contributed by atoms with Gasteiger partial charge in [0.15, 0.2) is 11.6 Å². The first-order valence-corrected chi connectivity index (χ1v) is 12.8. The van der Waals surface area contributed by atoms with E-state index in [0.717, 1.165) is 5.69 Å². The molecule has 0 radical (unpaired) electrons. The van der Waals surface area contributed by atoms with E-state index >= 15 is 4.39 Å². The van der Waals surface area contributed by atoms with E-state index in [2.05, 4.69) is 36.8 Å². The Balaban J connectivity index is 1.51. The predicted molar refractivity (Wildman–Crippen MR) is 149 cm³/mol. The Bertz CT molecular complexity index is 1560. The summed E-state index contributed by atoms with van der Waals surface area (Å²) >= 11 is 0. The maximum atomic E-state index is 15.3. The largest absolute Gasteiger partial charge is 0.421 e. The highest BCUT2D eigenvalue weighted by Crippen LogP contribution is 2.35. The molecule has 1 amide bonds. The maximum absolute atomic E-state index is 15.3. The molecule has 11 nitrogen and oxygen atoms in total. The molecular formula is C28H30FN9O2. The van der Waals surface area contributed by atoms with Gasteiger partial charge in [0.25, 0.3) is 0 Å². The zero-order valence-corrected chi connectivity index (χ0v) is 22.7. The van der Waals surface area contributed by atoms with Crippen molar-refractivity contribution in [3.8, 4) is 22.9 Å². The molecule has 12 heteroatoms. The van der Waals surface area contributed by atoms with Crippen LogP contribution in [0.3, 0.4) is 0 Å². The third-order valence-electron chi connectivity index (χ3n) is 6.66. The highest BCUT2D eigenvalue weighted by Gasteiger charge is 2.33. The third-order valence-corrected chi connectivity index (χ3v) is 6.66. The zero-order valence-electron chi connectivity index (χ0n) is 22.7. The molecule has 1 aromatic carbocycles. The molecule has 2 atom stereocenters. The SMILES string of the molecule is C=CC(=O)N1C[C@H](C)N(c2nc(Nc3cnn(C)c3)ncc2-c2ccc(Oc3nccc(C)n3)c(F)c2)C[C@H]1C. The second-order valence-electron chi connectivity index (χ2n) is 9.73. The molecule has 1 fully saturated rings. The number of rotatable bonds is 7. The molecule has 4 heterocycles. The molecule has 40 heavy (non-hydrogen) atoms. The van der Waals surface area contributed by atoms with Gasteiger partial charge < -0.3 is 19.9 Å². The van der Waals surface area contributed by atoms with Crippen LogP contribution >= 0.6 is 0 Å². The molecule has 0 unspecified atom stereocenters. The van der Waals surface area contributed by atoms with Gasteiger partial charge >= 0.3 is 6.01 Å². The standard InChI is InChI=1S/C28H30FN9O2/c1-6-25(39)37-14-19(4)38(15-18(37)3)26-22(13-31-27(35-26)34-21-12-32-36(5)16-21)20-7-8-24(23(29)11-20)40-28-30-10-9-17(2)33-28/h6-13,16,18-19H,1,14-15H2,2-5H3,(H,31,34,35)/t18-,19+/m1/s1. The fourth-order valence-electron chi connectivity index (χ4n) is 4.64. The van der Waals surface area contributed by atoms with Crippen LogP contribution in [-0.4, -0.2) is 65.7 Å². The van der Waals surface area contributed by atoms with E-state index in [1.54, 1.807) is 47.2 Å². The normalized spacial score (nSPS) is 17.0. The van der Waals surface area contributed by atoms with Gasteiger partial charge in [-0.25, -0.2) is 19.3 Å². The molecular weight excluding hydrogens is 513 g/mol. The minimum absolute atomic E-state index is 0.00484. The summed E-state index contributed by atoms with van der Waals surface area (Å²) in [5.74, 6) is 0.296. The van der Waals surface area contributed by atoms with Gasteiger partial charge in [-0.2, -0.15) is 10.1 Å². The molecule has 3 aromatic heterocycles. The summed E-state index contributed by atoms with van der Waals surface area (Å²) in [7, 11) is 1.82. The van der Waals surface area contributed by atoms with Gasteiger partial charge in [0.05, 0.1) is 11.9 Å². The van der Waals surface area contributed by atoms with Crippen molar-refractivity contribution < 1.29 is 13.9 Å². The first-order chi connectivity index (χ1) is 19.2. The van der Waals surface area contributed by atoms with Gasteiger partial charge in [-0.15, -0.1) is 0 Å². The van der Waals surface area contributed by atoms with Crippen LogP contribution in [0.4, 0.5) is 21.8 Å². The lowest BCUT2D eigenvalue weighted by molar-refractivity contribution is -0.128. The Hall–Kier alpha value is -4.87. The Kier molecular flexibility index (Phi) is 7.41. The van der Waals surface area contributed by atoms with Crippen molar-refractivity contribution in [1.29, 1.82) is 0 Å². The summed E-state index contributed by atoms with van der Waals surface area (Å²) in [5, 5.41) is 7.36. The number of hydrogen-bond acceptors (Lipinski definition) is 9. The summed E-state index contributed by atoms with van der Waals surface area (Å²) < 4.78 is 22.5. The molecule has 5 rings (SSSR count). The summed E-state index contributed by atoms with van der Waals surface area (Å²) in [5.41, 5.74) is 2.65. The van der Waals surface area contributed by atoms with Crippen molar-refractivity contribution in [3.63, 3.8) is 0 Å². The van der Waals surface area contributed by atoms with Crippen LogP contribution < -0.4 is 15.0 Å². The second-order valence-corrected chi connectivity index (χ2v) is 9.73. The molecule has 1 saturated heterocycles. The van der Waals surface area contributed by atoms with Crippen LogP contribution in [0.15, 0.2) is 61.7 Å². The fourth-order valence-corrected chi connectivity index (χ4v) is 4.64. The fraction of sp³-hybridized carbons (Fsp3) is 0.286. The van der Waals surface area contributed by atoms with Gasteiger partial charge in [-0.3, -0.25) is 9.48 Å². The number of aryl methyl sites for hydroxylation is 2. The average molecular weight is 544 g/mol. The molecule has 206 valence electrons. The summed E-state index contributed by atoms with van der Waals surface area (Å²) in [6.45, 7) is 10.4. The second kappa shape index (κ2) is 11.1. The van der Waals surface area contributed by atoms with Crippen LogP contribution in [0.25, 0.3) is 11.1 Å². The Labute approximate surface area is 231 Å². The van der Waals surface area contributed by atoms with E-state index in [1.165, 1.54) is 18.2 Å². The summed E-state index contributed by atoms with van der Waals surface area (Å²) in [6.07, 6.45) is 8.04. The van der Waals surface area contributed by atoms with Gasteiger partial charge in [0.1, 0.15) is 5.82 Å². The number of piperazine rings is 1. The first-order valence-electron chi connectivity index (χ1n) is 12.8. The van der Waals surface area contributed by atoms with Crippen LogP contribution in [0, 0.1) is 12.7 Å². The number of nitrogens with zero attached hydrogens (tertiary/aromatic N) is 8. The Morgan fingerprint density at radius 2 is 1.98 bits per heavy atom. The predicted octanol–water partition coefficient (Wildman–Crippen LogP) is 4.26.